The summed E-state index contributed by atoms with van der Waals surface area (Å²) in [4.78, 5) is 72.1. The van der Waals surface area contributed by atoms with Crippen molar-refractivity contribution in [1.82, 2.24) is 25.5 Å². The van der Waals surface area contributed by atoms with E-state index < -0.39 is 75.4 Å². The Kier molecular flexibility index (Phi) is 9.00. The molecule has 16 heteroatoms. The molecule has 2 aliphatic heterocycles. The molecule has 4 heterocycles. The number of para-hydroxylation sites is 2. The number of ether oxygens (including phenoxy) is 2. The van der Waals surface area contributed by atoms with Crippen LogP contribution >= 0.6 is 0 Å². The third-order valence-electron chi connectivity index (χ3n) is 8.67. The van der Waals surface area contributed by atoms with E-state index in [9.17, 15) is 37.5 Å². The topological polar surface area (TPSA) is 217 Å². The number of aromatic amines is 2. The lowest BCUT2D eigenvalue weighted by molar-refractivity contribution is -0.161. The molecule has 4 aromatic rings. The minimum atomic E-state index is -4.06. The smallest absolute Gasteiger partial charge is 0.326 e. The summed E-state index contributed by atoms with van der Waals surface area (Å²) in [7, 11) is -2.89. The summed E-state index contributed by atoms with van der Waals surface area (Å²) >= 11 is 0. The fraction of sp³-hybridized carbons (Fsp3) is 0.303. The molecule has 0 saturated carbocycles. The van der Waals surface area contributed by atoms with Crippen LogP contribution in [0.25, 0.3) is 21.8 Å². The zero-order chi connectivity index (χ0) is 35.0. The standard InChI is InChI=1S/C33H33N5O10S/c1-17(39)48-15-20-16-49(45,46)32-28(47-2)31(42)38(32)27(20)30(41)36-25(11-18-13-34-23-9-5-3-7-21(18)23)29(40)37-26(33(43)44)12-19-14-35-24-10-6-4-8-22(19)24/h3-10,13-14,25-26,28,32,34-35H,11-12,15-16H2,1-2H3,(H,36,41)(H,37,40)(H,43,44)/t25-,26-,28-,32+/m0/s1. The fourth-order valence-electron chi connectivity index (χ4n) is 6.33. The Balaban J connectivity index is 1.34. The van der Waals surface area contributed by atoms with Gasteiger partial charge < -0.3 is 35.2 Å². The molecule has 1 fully saturated rings. The highest BCUT2D eigenvalue weighted by Crippen LogP contribution is 2.38. The molecule has 0 aliphatic carbocycles. The van der Waals surface area contributed by atoms with Crippen LogP contribution in [0.5, 0.6) is 0 Å². The Labute approximate surface area is 279 Å². The molecule has 2 aromatic heterocycles. The van der Waals surface area contributed by atoms with Crippen LogP contribution in [0.3, 0.4) is 0 Å². The van der Waals surface area contributed by atoms with Gasteiger partial charge in [0.15, 0.2) is 21.3 Å². The van der Waals surface area contributed by atoms with Gasteiger partial charge >= 0.3 is 11.9 Å². The largest absolute Gasteiger partial charge is 0.480 e. The van der Waals surface area contributed by atoms with Gasteiger partial charge in [-0.15, -0.1) is 0 Å². The van der Waals surface area contributed by atoms with Crippen molar-refractivity contribution in [1.29, 1.82) is 0 Å². The van der Waals surface area contributed by atoms with Crippen LogP contribution in [-0.4, -0.2) is 101 Å². The fourth-order valence-corrected chi connectivity index (χ4v) is 8.34. The summed E-state index contributed by atoms with van der Waals surface area (Å²) in [6.07, 6.45) is 1.80. The molecular formula is C33H33N5O10S. The number of hydrogen-bond acceptors (Lipinski definition) is 9. The van der Waals surface area contributed by atoms with E-state index >= 15 is 0 Å². The van der Waals surface area contributed by atoms with Crippen LogP contribution in [0.15, 0.2) is 72.2 Å². The Bertz CT molecular complexity index is 2130. The number of hydrogen-bond donors (Lipinski definition) is 5. The number of H-pyrrole nitrogens is 2. The summed E-state index contributed by atoms with van der Waals surface area (Å²) in [6, 6.07) is 11.8. The van der Waals surface area contributed by atoms with Crippen LogP contribution in [0, 0.1) is 0 Å². The average Bonchev–Trinajstić information content (AvgIpc) is 3.67. The van der Waals surface area contributed by atoms with Crippen LogP contribution in [0.2, 0.25) is 0 Å². The number of carboxylic acids is 1. The number of aliphatic carboxylic acids is 1. The quantitative estimate of drug-likeness (QED) is 0.105. The molecule has 15 nitrogen and oxygen atoms in total. The van der Waals surface area contributed by atoms with Gasteiger partial charge in [-0.3, -0.25) is 24.1 Å². The number of fused-ring (bicyclic) bond motifs is 3. The van der Waals surface area contributed by atoms with Crippen molar-refractivity contribution in [3.63, 3.8) is 0 Å². The van der Waals surface area contributed by atoms with Crippen molar-refractivity contribution < 1.29 is 47.0 Å². The number of nitrogens with zero attached hydrogens (tertiary/aromatic N) is 1. The van der Waals surface area contributed by atoms with E-state index in [1.807, 2.05) is 42.5 Å². The second-order valence-electron chi connectivity index (χ2n) is 11.8. The molecular weight excluding hydrogens is 658 g/mol. The maximum Gasteiger partial charge on any atom is 0.326 e. The minimum Gasteiger partial charge on any atom is -0.480 e. The normalized spacial score (nSPS) is 19.6. The van der Waals surface area contributed by atoms with Gasteiger partial charge in [0.1, 0.15) is 24.4 Å². The molecule has 0 spiro atoms. The lowest BCUT2D eigenvalue weighted by Gasteiger charge is -2.48. The van der Waals surface area contributed by atoms with Gasteiger partial charge in [-0.05, 0) is 23.3 Å². The second kappa shape index (κ2) is 13.2. The first-order valence-electron chi connectivity index (χ1n) is 15.3. The molecule has 2 aromatic carbocycles. The van der Waals surface area contributed by atoms with E-state index in [0.29, 0.717) is 11.1 Å². The van der Waals surface area contributed by atoms with Gasteiger partial charge in [-0.2, -0.15) is 0 Å². The summed E-state index contributed by atoms with van der Waals surface area (Å²) in [6.45, 7) is 0.503. The van der Waals surface area contributed by atoms with E-state index in [2.05, 4.69) is 20.6 Å². The maximum atomic E-state index is 14.1. The summed E-state index contributed by atoms with van der Waals surface area (Å²) in [5.41, 5.74) is 2.27. The zero-order valence-corrected chi connectivity index (χ0v) is 27.2. The zero-order valence-electron chi connectivity index (χ0n) is 26.4. The van der Waals surface area contributed by atoms with Gasteiger partial charge in [0.2, 0.25) is 5.91 Å². The van der Waals surface area contributed by atoms with Crippen molar-refractivity contribution in [2.75, 3.05) is 19.5 Å². The van der Waals surface area contributed by atoms with Gasteiger partial charge in [0.05, 0.1) is 5.75 Å². The van der Waals surface area contributed by atoms with E-state index in [1.165, 1.54) is 7.11 Å². The minimum absolute atomic E-state index is 0.0727. The first-order chi connectivity index (χ1) is 23.4. The lowest BCUT2D eigenvalue weighted by Crippen LogP contribution is -2.71. The van der Waals surface area contributed by atoms with Gasteiger partial charge in [-0.25, -0.2) is 13.2 Å². The van der Waals surface area contributed by atoms with Gasteiger partial charge in [-0.1, -0.05) is 36.4 Å². The third kappa shape index (κ3) is 6.39. The predicted molar refractivity (Wildman–Crippen MR) is 174 cm³/mol. The number of aromatic nitrogens is 2. The van der Waals surface area contributed by atoms with E-state index in [4.69, 9.17) is 9.47 Å². The molecule has 4 atom stereocenters. The predicted octanol–water partition coefficient (Wildman–Crippen LogP) is 0.918. The molecule has 2 aliphatic rings. The third-order valence-corrected chi connectivity index (χ3v) is 10.6. The van der Waals surface area contributed by atoms with Crippen molar-refractivity contribution in [3.8, 4) is 0 Å². The number of rotatable bonds is 12. The number of methoxy groups -OCH3 is 1. The molecule has 1 saturated heterocycles. The van der Waals surface area contributed by atoms with Gasteiger partial charge in [0, 0.05) is 66.6 Å². The first-order valence-corrected chi connectivity index (χ1v) is 17.0. The van der Waals surface area contributed by atoms with Crippen molar-refractivity contribution in [3.05, 3.63) is 83.3 Å². The number of carbonyl (C=O) groups is 5. The van der Waals surface area contributed by atoms with E-state index in [-0.39, 0.29) is 24.1 Å². The molecule has 5 N–H and O–H groups in total. The highest BCUT2D eigenvalue weighted by molar-refractivity contribution is 7.92. The number of benzene rings is 2. The number of β-lactam (4-membered cyclic amide) rings is 1. The molecule has 256 valence electrons. The highest BCUT2D eigenvalue weighted by atomic mass is 32.2. The summed E-state index contributed by atoms with van der Waals surface area (Å²) in [5.74, 6) is -5.39. The Hall–Kier alpha value is -5.48. The maximum absolute atomic E-state index is 14.1. The number of carboxylic acid groups (broad SMARTS) is 1. The van der Waals surface area contributed by atoms with E-state index in [0.717, 1.165) is 33.6 Å². The highest BCUT2D eigenvalue weighted by Gasteiger charge is 2.60. The van der Waals surface area contributed by atoms with Crippen molar-refractivity contribution in [2.24, 2.45) is 0 Å². The van der Waals surface area contributed by atoms with Crippen LogP contribution in [0.1, 0.15) is 18.1 Å². The first kappa shape index (κ1) is 33.4. The molecule has 6 rings (SSSR count). The Morgan fingerprint density at radius 2 is 1.51 bits per heavy atom. The molecule has 0 unspecified atom stereocenters. The number of carbonyl (C=O) groups excluding carboxylic acids is 4. The molecule has 49 heavy (non-hydrogen) atoms. The van der Waals surface area contributed by atoms with Crippen LogP contribution in [-0.2, 0) is 56.1 Å². The average molecular weight is 692 g/mol. The second-order valence-corrected chi connectivity index (χ2v) is 13.9. The molecule has 0 bridgehead atoms. The van der Waals surface area contributed by atoms with Crippen LogP contribution < -0.4 is 10.6 Å². The Morgan fingerprint density at radius 1 is 0.939 bits per heavy atom. The van der Waals surface area contributed by atoms with Gasteiger partial charge in [0.25, 0.3) is 11.8 Å². The van der Waals surface area contributed by atoms with Crippen molar-refractivity contribution >= 4 is 61.3 Å². The lowest BCUT2D eigenvalue weighted by atomic mass is 10.0. The SMILES string of the molecule is CO[C@H]1C(=O)N2C(C(=O)N[C@@H](Cc3c[nH]c4ccccc34)C(=O)N[C@@H](Cc3c[nH]c4ccccc34)C(=O)O)=C(COC(C)=O)CS(=O)(=O)[C@H]12. The number of amides is 3. The Morgan fingerprint density at radius 3 is 2.06 bits per heavy atom. The van der Waals surface area contributed by atoms with E-state index in [1.54, 1.807) is 18.5 Å². The van der Waals surface area contributed by atoms with Crippen LogP contribution in [0.4, 0.5) is 0 Å². The summed E-state index contributed by atoms with van der Waals surface area (Å²) < 4.78 is 36.4. The van der Waals surface area contributed by atoms with Crippen molar-refractivity contribution in [2.45, 2.75) is 43.3 Å². The monoisotopic (exact) mass is 691 g/mol. The number of sulfone groups is 1. The number of esters is 1. The summed E-state index contributed by atoms with van der Waals surface area (Å²) in [5, 5.41) is 15.3. The molecule has 0 radical (unpaired) electrons. The number of nitrogens with one attached hydrogen (secondary N) is 4. The molecule has 3 amide bonds.